The van der Waals surface area contributed by atoms with E-state index in [1.165, 1.54) is 16.3 Å². The number of fused-ring (bicyclic) bond motifs is 1. The first-order valence-electron chi connectivity index (χ1n) is 7.73. The monoisotopic (exact) mass is 316 g/mol. The lowest BCUT2D eigenvalue weighted by Crippen LogP contribution is -2.27. The lowest BCUT2D eigenvalue weighted by atomic mass is 10.1. The van der Waals surface area contributed by atoms with Crippen molar-refractivity contribution in [2.75, 3.05) is 12.3 Å². The third-order valence-corrected chi connectivity index (χ3v) is 4.54. The van der Waals surface area contributed by atoms with E-state index in [0.29, 0.717) is 13.0 Å². The molecule has 0 aliphatic heterocycles. The predicted octanol–water partition coefficient (Wildman–Crippen LogP) is 3.32. The molecule has 0 saturated heterocycles. The maximum atomic E-state index is 11.6. The van der Waals surface area contributed by atoms with Gasteiger partial charge in [0, 0.05) is 30.5 Å². The van der Waals surface area contributed by atoms with E-state index in [1.54, 1.807) is 0 Å². The Balaban J connectivity index is 1.71. The highest BCUT2D eigenvalue weighted by atomic mass is 32.2. The Labute approximate surface area is 136 Å². The van der Waals surface area contributed by atoms with Gasteiger partial charge in [-0.1, -0.05) is 42.5 Å². The molecule has 0 saturated carbocycles. The number of amides is 1. The van der Waals surface area contributed by atoms with Gasteiger partial charge in [0.1, 0.15) is 0 Å². The molecule has 1 amide bonds. The molecule has 0 heterocycles. The third-order valence-electron chi connectivity index (χ3n) is 3.53. The van der Waals surface area contributed by atoms with Gasteiger partial charge in [-0.25, -0.2) is 0 Å². The molecule has 1 unspecified atom stereocenters. The highest BCUT2D eigenvalue weighted by Crippen LogP contribution is 2.22. The second kappa shape index (κ2) is 8.81. The van der Waals surface area contributed by atoms with Gasteiger partial charge in [0.25, 0.3) is 0 Å². The topological polar surface area (TPSA) is 55.1 Å². The summed E-state index contributed by atoms with van der Waals surface area (Å²) < 4.78 is 0. The van der Waals surface area contributed by atoms with Crippen molar-refractivity contribution >= 4 is 28.4 Å². The first-order valence-corrected chi connectivity index (χ1v) is 8.89. The van der Waals surface area contributed by atoms with Crippen molar-refractivity contribution in [3.63, 3.8) is 0 Å². The van der Waals surface area contributed by atoms with E-state index in [1.807, 2.05) is 18.7 Å². The van der Waals surface area contributed by atoms with Crippen LogP contribution in [0.15, 0.2) is 42.5 Å². The van der Waals surface area contributed by atoms with Crippen LogP contribution in [0.1, 0.15) is 25.3 Å². The van der Waals surface area contributed by atoms with Gasteiger partial charge in [-0.3, -0.25) is 4.79 Å². The second-order valence-electron chi connectivity index (χ2n) is 5.56. The molecule has 4 heteroatoms. The van der Waals surface area contributed by atoms with Crippen molar-refractivity contribution in [3.8, 4) is 0 Å². The molecule has 3 N–H and O–H groups in total. The minimum atomic E-state index is 0.0893. The number of hydrogen-bond acceptors (Lipinski definition) is 3. The molecular weight excluding hydrogens is 292 g/mol. The number of hydrogen-bond donors (Lipinski definition) is 2. The summed E-state index contributed by atoms with van der Waals surface area (Å²) in [5, 5.41) is 5.55. The molecular formula is C18H24N2OS. The molecule has 2 aromatic carbocycles. The number of carbonyl (C=O) groups is 1. The van der Waals surface area contributed by atoms with Gasteiger partial charge in [-0.05, 0) is 29.7 Å². The Kier molecular flexibility index (Phi) is 6.74. The van der Waals surface area contributed by atoms with Crippen LogP contribution in [0.4, 0.5) is 0 Å². The molecule has 0 bridgehead atoms. The summed E-state index contributed by atoms with van der Waals surface area (Å²) in [6, 6.07) is 15.0. The van der Waals surface area contributed by atoms with Gasteiger partial charge in [0.05, 0.1) is 0 Å². The van der Waals surface area contributed by atoms with E-state index in [4.69, 9.17) is 5.73 Å². The summed E-state index contributed by atoms with van der Waals surface area (Å²) in [5.41, 5.74) is 7.00. The smallest absolute Gasteiger partial charge is 0.220 e. The van der Waals surface area contributed by atoms with Crippen molar-refractivity contribution in [3.05, 3.63) is 48.0 Å². The summed E-state index contributed by atoms with van der Waals surface area (Å²) in [5.74, 6) is 1.99. The minimum Gasteiger partial charge on any atom is -0.355 e. The van der Waals surface area contributed by atoms with Crippen LogP contribution in [-0.2, 0) is 10.5 Å². The third kappa shape index (κ3) is 5.35. The zero-order chi connectivity index (χ0) is 15.8. The number of thioether (sulfide) groups is 1. The fraction of sp³-hybridized carbons (Fsp3) is 0.389. The van der Waals surface area contributed by atoms with Crippen LogP contribution >= 0.6 is 11.8 Å². The normalized spacial score (nSPS) is 12.3. The summed E-state index contributed by atoms with van der Waals surface area (Å²) in [7, 11) is 0. The van der Waals surface area contributed by atoms with Crippen molar-refractivity contribution in [1.82, 2.24) is 5.32 Å². The average molecular weight is 316 g/mol. The van der Waals surface area contributed by atoms with Crippen LogP contribution in [0.3, 0.4) is 0 Å². The summed E-state index contributed by atoms with van der Waals surface area (Å²) in [6.07, 6.45) is 1.26. The first-order chi connectivity index (χ1) is 10.7. The van der Waals surface area contributed by atoms with Crippen molar-refractivity contribution < 1.29 is 4.79 Å². The standard InChI is InChI=1S/C18H24N2OS/c1-14(19)9-10-18(21)20-11-12-22-13-16-7-4-6-15-5-2-3-8-17(15)16/h2-8,14H,9-13,19H2,1H3,(H,20,21). The second-order valence-corrected chi connectivity index (χ2v) is 6.66. The SMILES string of the molecule is CC(N)CCC(=O)NCCSCc1cccc2ccccc12. The lowest BCUT2D eigenvalue weighted by Gasteiger charge is -2.08. The van der Waals surface area contributed by atoms with E-state index in [0.717, 1.165) is 17.9 Å². The number of rotatable bonds is 8. The van der Waals surface area contributed by atoms with E-state index < -0.39 is 0 Å². The van der Waals surface area contributed by atoms with Crippen LogP contribution in [0, 0.1) is 0 Å². The molecule has 0 spiro atoms. The molecule has 22 heavy (non-hydrogen) atoms. The maximum absolute atomic E-state index is 11.6. The molecule has 0 aliphatic carbocycles. The zero-order valence-corrected chi connectivity index (χ0v) is 13.9. The summed E-state index contributed by atoms with van der Waals surface area (Å²) in [6.45, 7) is 2.64. The Morgan fingerprint density at radius 2 is 2.00 bits per heavy atom. The Bertz CT molecular complexity index is 608. The summed E-state index contributed by atoms with van der Waals surface area (Å²) >= 11 is 1.85. The molecule has 2 aromatic rings. The van der Waals surface area contributed by atoms with Gasteiger partial charge < -0.3 is 11.1 Å². The lowest BCUT2D eigenvalue weighted by molar-refractivity contribution is -0.121. The van der Waals surface area contributed by atoms with Crippen LogP contribution in [0.25, 0.3) is 10.8 Å². The van der Waals surface area contributed by atoms with Gasteiger partial charge in [-0.15, -0.1) is 0 Å². The first kappa shape index (κ1) is 16.8. The fourth-order valence-corrected chi connectivity index (χ4v) is 3.17. The van der Waals surface area contributed by atoms with E-state index in [2.05, 4.69) is 47.8 Å². The number of carbonyl (C=O) groups excluding carboxylic acids is 1. The summed E-state index contributed by atoms with van der Waals surface area (Å²) in [4.78, 5) is 11.6. The largest absolute Gasteiger partial charge is 0.355 e. The van der Waals surface area contributed by atoms with E-state index >= 15 is 0 Å². The molecule has 0 aromatic heterocycles. The molecule has 0 aliphatic rings. The molecule has 0 radical (unpaired) electrons. The maximum Gasteiger partial charge on any atom is 0.220 e. The van der Waals surface area contributed by atoms with Crippen molar-refractivity contribution in [1.29, 1.82) is 0 Å². The van der Waals surface area contributed by atoms with Crippen molar-refractivity contribution in [2.24, 2.45) is 5.73 Å². The fourth-order valence-electron chi connectivity index (χ4n) is 2.31. The molecule has 2 rings (SSSR count). The Morgan fingerprint density at radius 1 is 1.23 bits per heavy atom. The minimum absolute atomic E-state index is 0.0893. The Hall–Kier alpha value is -1.52. The van der Waals surface area contributed by atoms with Crippen molar-refractivity contribution in [2.45, 2.75) is 31.6 Å². The number of benzene rings is 2. The molecule has 1 atom stereocenters. The molecule has 118 valence electrons. The number of nitrogens with two attached hydrogens (primary N) is 1. The van der Waals surface area contributed by atoms with E-state index in [-0.39, 0.29) is 11.9 Å². The average Bonchev–Trinajstić information content (AvgIpc) is 2.52. The van der Waals surface area contributed by atoms with Crippen LogP contribution < -0.4 is 11.1 Å². The highest BCUT2D eigenvalue weighted by Gasteiger charge is 2.03. The van der Waals surface area contributed by atoms with Crippen LogP contribution in [-0.4, -0.2) is 24.2 Å². The highest BCUT2D eigenvalue weighted by molar-refractivity contribution is 7.98. The Morgan fingerprint density at radius 3 is 2.82 bits per heavy atom. The quantitative estimate of drug-likeness (QED) is 0.735. The van der Waals surface area contributed by atoms with Crippen LogP contribution in [0.5, 0.6) is 0 Å². The van der Waals surface area contributed by atoms with Gasteiger partial charge in [0.2, 0.25) is 5.91 Å². The van der Waals surface area contributed by atoms with Crippen LogP contribution in [0.2, 0.25) is 0 Å². The van der Waals surface area contributed by atoms with E-state index in [9.17, 15) is 4.79 Å². The zero-order valence-electron chi connectivity index (χ0n) is 13.0. The predicted molar refractivity (Wildman–Crippen MR) is 96.0 cm³/mol. The van der Waals surface area contributed by atoms with Gasteiger partial charge in [-0.2, -0.15) is 11.8 Å². The molecule has 0 fully saturated rings. The number of nitrogens with one attached hydrogen (secondary N) is 1. The van der Waals surface area contributed by atoms with Gasteiger partial charge in [0.15, 0.2) is 0 Å². The molecule has 3 nitrogen and oxygen atoms in total. The van der Waals surface area contributed by atoms with Gasteiger partial charge >= 0.3 is 0 Å².